The third-order valence-electron chi connectivity index (χ3n) is 8.72. The molecule has 0 atom stereocenters. The molecule has 9 rings (SSSR count). The quantitative estimate of drug-likeness (QED) is 0.0697. The van der Waals surface area contributed by atoms with E-state index in [-0.39, 0.29) is 21.1 Å². The van der Waals surface area contributed by atoms with Gasteiger partial charge in [0, 0.05) is 0 Å². The molecule has 0 unspecified atom stereocenters. The molecule has 0 spiro atoms. The van der Waals surface area contributed by atoms with Crippen molar-refractivity contribution >= 4 is 71.2 Å². The molecule has 0 bridgehead atoms. The van der Waals surface area contributed by atoms with Gasteiger partial charge in [0.05, 0.1) is 15.8 Å². The molecule has 0 saturated heterocycles. The molecule has 0 fully saturated rings. The molecule has 0 radical (unpaired) electrons. The maximum atomic E-state index is 7.50. The monoisotopic (exact) mass is 860 g/mol. The van der Waals surface area contributed by atoms with Gasteiger partial charge in [-0.05, 0) is 83.2 Å². The first-order chi connectivity index (χ1) is 27.8. The third-order valence-corrected chi connectivity index (χ3v) is 14.2. The van der Waals surface area contributed by atoms with Crippen LogP contribution in [0.25, 0.3) is 22.8 Å². The number of hydrogen-bond donors (Lipinski definition) is 0. The van der Waals surface area contributed by atoms with Gasteiger partial charge in [0.1, 0.15) is 31.8 Å². The molecular formula is C50H40MoN2O2P2+2. The Labute approximate surface area is 352 Å². The molecule has 7 aromatic rings. The Kier molecular flexibility index (Phi) is 19.2. The first kappa shape index (κ1) is 44.1. The first-order valence-electron chi connectivity index (χ1n) is 17.9. The van der Waals surface area contributed by atoms with E-state index in [1.165, 1.54) is 31.8 Å². The van der Waals surface area contributed by atoms with Gasteiger partial charge < -0.3 is 10.6 Å². The topological polar surface area (TPSA) is 68.0 Å². The zero-order chi connectivity index (χ0) is 39.2. The molecule has 0 aliphatic carbocycles. The predicted octanol–water partition coefficient (Wildman–Crippen LogP) is 8.59. The average molecular weight is 859 g/mol. The van der Waals surface area contributed by atoms with Crippen LogP contribution in [-0.4, -0.2) is 0 Å². The van der Waals surface area contributed by atoms with Crippen LogP contribution in [0.15, 0.2) is 219 Å². The normalized spacial score (nSPS) is 10.9. The molecule has 7 aromatic carbocycles. The second-order valence-corrected chi connectivity index (χ2v) is 17.1. The van der Waals surface area contributed by atoms with E-state index >= 15 is 0 Å². The van der Waals surface area contributed by atoms with Crippen molar-refractivity contribution in [3.8, 4) is 0 Å². The van der Waals surface area contributed by atoms with E-state index in [1.807, 2.05) is 12.2 Å². The number of benzene rings is 7. The Balaban J connectivity index is 0.000000182. The van der Waals surface area contributed by atoms with E-state index in [4.69, 9.17) is 9.30 Å². The largest absolute Gasteiger partial charge is 2.00 e. The predicted molar refractivity (Wildman–Crippen MR) is 240 cm³/mol. The molecule has 0 N–H and O–H groups in total. The van der Waals surface area contributed by atoms with Gasteiger partial charge in [0.25, 0.3) is 0 Å². The van der Waals surface area contributed by atoms with Gasteiger partial charge in [0.2, 0.25) is 0 Å². The van der Waals surface area contributed by atoms with Crippen molar-refractivity contribution < 1.29 is 30.4 Å². The zero-order valence-electron chi connectivity index (χ0n) is 31.1. The number of allylic oxidation sites excluding steroid dienone is 2. The summed E-state index contributed by atoms with van der Waals surface area (Å²) >= 11 is 0. The maximum absolute atomic E-state index is 7.50. The fourth-order valence-corrected chi connectivity index (χ4v) is 11.5. The average Bonchev–Trinajstić information content (AvgIpc) is 3.31. The molecular weight excluding hydrogens is 818 g/mol. The zero-order valence-corrected chi connectivity index (χ0v) is 35.1. The minimum Gasteiger partial charge on any atom is -0.0620 e. The van der Waals surface area contributed by atoms with E-state index < -0.39 is 15.8 Å². The summed E-state index contributed by atoms with van der Waals surface area (Å²) in [5, 5.41) is 19.6. The molecule has 2 aliphatic rings. The smallest absolute Gasteiger partial charge is 0.0620 e. The van der Waals surface area contributed by atoms with Crippen LogP contribution in [0.1, 0.15) is 0 Å². The van der Waals surface area contributed by atoms with Gasteiger partial charge in [-0.2, -0.15) is 12.4 Å². The van der Waals surface area contributed by atoms with Gasteiger partial charge in [-0.25, -0.2) is 0 Å². The molecule has 4 nitrogen and oxygen atoms in total. The first-order valence-corrected chi connectivity index (χ1v) is 20.9. The molecule has 7 heteroatoms. The summed E-state index contributed by atoms with van der Waals surface area (Å²) in [6, 6.07) is 69.1. The van der Waals surface area contributed by atoms with Crippen LogP contribution in [0.4, 0.5) is 11.4 Å². The van der Waals surface area contributed by atoms with Crippen molar-refractivity contribution in [2.24, 2.45) is 0 Å². The van der Waals surface area contributed by atoms with Gasteiger partial charge in [-0.3, -0.25) is 0 Å². The summed E-state index contributed by atoms with van der Waals surface area (Å²) in [4.78, 5) is 0. The van der Waals surface area contributed by atoms with Crippen LogP contribution < -0.4 is 42.3 Å². The third kappa shape index (κ3) is 12.4. The summed E-state index contributed by atoms with van der Waals surface area (Å²) in [5.41, 5.74) is 1.95. The van der Waals surface area contributed by atoms with Crippen molar-refractivity contribution in [2.75, 3.05) is 0 Å². The summed E-state index contributed by atoms with van der Waals surface area (Å²) in [7, 11) is -1.75. The number of fused-ring (bicyclic) bond motifs is 3. The van der Waals surface area contributed by atoms with Crippen LogP contribution in [0, 0.1) is 13.3 Å². The Hall–Kier alpha value is -5.61. The van der Waals surface area contributed by atoms with Crippen molar-refractivity contribution in [1.29, 1.82) is 0 Å². The van der Waals surface area contributed by atoms with Gasteiger partial charge in [-0.15, -0.1) is 11.4 Å². The Morgan fingerprint density at radius 1 is 0.316 bits per heavy atom. The van der Waals surface area contributed by atoms with Crippen molar-refractivity contribution in [3.05, 3.63) is 253 Å². The van der Waals surface area contributed by atoms with Crippen molar-refractivity contribution in [2.45, 2.75) is 0 Å². The molecule has 57 heavy (non-hydrogen) atoms. The second-order valence-electron chi connectivity index (χ2n) is 12.2. The Morgan fingerprint density at radius 3 is 0.737 bits per heavy atom. The fraction of sp³-hybridized carbons (Fsp3) is 0. The van der Waals surface area contributed by atoms with E-state index in [2.05, 4.69) is 230 Å². The van der Waals surface area contributed by atoms with E-state index in [1.54, 1.807) is 12.4 Å². The summed E-state index contributed by atoms with van der Waals surface area (Å²) in [6.07, 6.45) is 11.6. The molecule has 0 amide bonds. The van der Waals surface area contributed by atoms with Crippen LogP contribution in [0.2, 0.25) is 0 Å². The standard InChI is InChI=1S/2C18H15P.C12H8N2.2CO.Mo/c2*1-4-10-16(11-5-1)19(17-12-6-2-7-13-17)18-14-8-3-9-15-18;1-3-9-5-6-10-4-2-8-14-12(10)11(9)13-7-1;2*1-2;/h2*1-15H;1-8H;;;/q;;-2;;;+2/p+2. The van der Waals surface area contributed by atoms with Gasteiger partial charge in [0.15, 0.2) is 0 Å². The van der Waals surface area contributed by atoms with Crippen LogP contribution in [-0.2, 0) is 30.4 Å². The van der Waals surface area contributed by atoms with E-state index in [0.717, 1.165) is 21.8 Å². The number of nitrogens with zero attached hydrogens (tertiary/aromatic N) is 2. The van der Waals surface area contributed by atoms with Crippen LogP contribution in [0.5, 0.6) is 0 Å². The maximum Gasteiger partial charge on any atom is 2.00 e. The molecule has 0 saturated carbocycles. The molecule has 2 heterocycles. The molecule has 0 aromatic heterocycles. The van der Waals surface area contributed by atoms with Crippen LogP contribution >= 0.6 is 15.8 Å². The van der Waals surface area contributed by atoms with Gasteiger partial charge >= 0.3 is 43.7 Å². The summed E-state index contributed by atoms with van der Waals surface area (Å²) in [6.45, 7) is 9.00. The Morgan fingerprint density at radius 2 is 0.526 bits per heavy atom. The molecule has 276 valence electrons. The second kappa shape index (κ2) is 24.8. The van der Waals surface area contributed by atoms with E-state index in [0.29, 0.717) is 0 Å². The Bertz CT molecular complexity index is 2080. The van der Waals surface area contributed by atoms with Crippen molar-refractivity contribution in [3.63, 3.8) is 0 Å². The van der Waals surface area contributed by atoms with Gasteiger partial charge in [-0.1, -0.05) is 146 Å². The summed E-state index contributed by atoms with van der Waals surface area (Å²) < 4.78 is 15.0. The number of rotatable bonds is 6. The molecule has 2 aliphatic heterocycles. The van der Waals surface area contributed by atoms with E-state index in [9.17, 15) is 0 Å². The van der Waals surface area contributed by atoms with Crippen molar-refractivity contribution in [1.82, 2.24) is 0 Å². The summed E-state index contributed by atoms with van der Waals surface area (Å²) in [5.74, 6) is 0. The number of hydrogen-bond acceptors (Lipinski definition) is 0. The SMILES string of the molecule is C1=C[N-]c2c3c(ccc2=C1)=CC=C[N-]3.[C-]#[O+].[C-]#[O+].[Mo+2].c1ccc([PH+](c2ccccc2)c2ccccc2)cc1.c1ccc([PH+](c2ccccc2)c2ccccc2)cc1. The van der Waals surface area contributed by atoms with Crippen LogP contribution in [0.3, 0.4) is 0 Å². The minimum atomic E-state index is -0.877. The fourth-order valence-electron chi connectivity index (χ4n) is 6.31. The minimum absolute atomic E-state index is 0.